The van der Waals surface area contributed by atoms with Gasteiger partial charge in [-0.05, 0) is 24.3 Å². The zero-order valence-electron chi connectivity index (χ0n) is 14.0. The highest BCUT2D eigenvalue weighted by atomic mass is 35.5. The molecule has 0 spiro atoms. The summed E-state index contributed by atoms with van der Waals surface area (Å²) < 4.78 is 24.7. The average Bonchev–Trinajstić information content (AvgIpc) is 2.67. The molecule has 0 bridgehead atoms. The molecule has 0 amide bonds. The van der Waals surface area contributed by atoms with Gasteiger partial charge >= 0.3 is 0 Å². The Labute approximate surface area is 170 Å². The number of fused-ring (bicyclic) bond motifs is 1. The van der Waals surface area contributed by atoms with Gasteiger partial charge in [0.25, 0.3) is 0 Å². The molecule has 0 saturated carbocycles. The van der Waals surface area contributed by atoms with E-state index in [1.54, 1.807) is 18.2 Å². The van der Waals surface area contributed by atoms with Gasteiger partial charge in [0.2, 0.25) is 0 Å². The maximum absolute atomic E-state index is 13.4. The molecule has 0 aliphatic carbocycles. The third-order valence-electron chi connectivity index (χ3n) is 3.55. The molecule has 3 rings (SSSR count). The second kappa shape index (κ2) is 9.26. The van der Waals surface area contributed by atoms with E-state index < -0.39 is 5.82 Å². The van der Waals surface area contributed by atoms with Crippen LogP contribution in [0.25, 0.3) is 10.9 Å². The van der Waals surface area contributed by atoms with Gasteiger partial charge in [0.15, 0.2) is 11.5 Å². The van der Waals surface area contributed by atoms with Crippen molar-refractivity contribution >= 4 is 57.2 Å². The molecule has 0 atom stereocenters. The van der Waals surface area contributed by atoms with Crippen molar-refractivity contribution in [3.8, 4) is 11.5 Å². The number of ether oxygens (including phenoxy) is 2. The lowest BCUT2D eigenvalue weighted by Gasteiger charge is -2.14. The van der Waals surface area contributed by atoms with Gasteiger partial charge in [-0.25, -0.2) is 14.4 Å². The maximum atomic E-state index is 13.4. The molecule has 0 fully saturated rings. The van der Waals surface area contributed by atoms with Crippen molar-refractivity contribution in [1.29, 1.82) is 0 Å². The summed E-state index contributed by atoms with van der Waals surface area (Å²) in [7, 11) is 0. The first-order valence-corrected chi connectivity index (χ1v) is 9.45. The Hall–Kier alpha value is -2.02. The highest BCUT2D eigenvalue weighted by molar-refractivity contribution is 6.31. The lowest BCUT2D eigenvalue weighted by Crippen LogP contribution is -2.05. The number of halogens is 4. The fourth-order valence-electron chi connectivity index (χ4n) is 2.40. The molecule has 0 saturated heterocycles. The molecule has 1 heterocycles. The Morgan fingerprint density at radius 2 is 1.67 bits per heavy atom. The second-order valence-electron chi connectivity index (χ2n) is 5.37. The van der Waals surface area contributed by atoms with Gasteiger partial charge in [-0.1, -0.05) is 11.6 Å². The largest absolute Gasteiger partial charge is 0.488 e. The van der Waals surface area contributed by atoms with Gasteiger partial charge in [-0.2, -0.15) is 0 Å². The first-order valence-electron chi connectivity index (χ1n) is 8.00. The highest BCUT2D eigenvalue weighted by Crippen LogP contribution is 2.35. The lowest BCUT2D eigenvalue weighted by molar-refractivity contribution is 0.291. The Kier molecular flexibility index (Phi) is 6.77. The summed E-state index contributed by atoms with van der Waals surface area (Å²) in [5.41, 5.74) is 1.23. The number of nitrogens with one attached hydrogen (secondary N) is 1. The summed E-state index contributed by atoms with van der Waals surface area (Å²) in [4.78, 5) is 8.54. The van der Waals surface area contributed by atoms with E-state index >= 15 is 0 Å². The van der Waals surface area contributed by atoms with Crippen molar-refractivity contribution in [2.75, 3.05) is 30.3 Å². The molecule has 1 N–H and O–H groups in total. The number of anilines is 2. The van der Waals surface area contributed by atoms with Crippen LogP contribution in [0, 0.1) is 5.82 Å². The number of nitrogens with zero attached hydrogens (tertiary/aromatic N) is 2. The minimum atomic E-state index is -0.493. The summed E-state index contributed by atoms with van der Waals surface area (Å²) in [6.07, 6.45) is 1.42. The van der Waals surface area contributed by atoms with Gasteiger partial charge in [0, 0.05) is 17.1 Å². The van der Waals surface area contributed by atoms with Crippen LogP contribution in [-0.4, -0.2) is 34.9 Å². The molecule has 0 unspecified atom stereocenters. The lowest BCUT2D eigenvalue weighted by atomic mass is 10.2. The number of alkyl halides is 2. The van der Waals surface area contributed by atoms with Crippen LogP contribution in [0.3, 0.4) is 0 Å². The van der Waals surface area contributed by atoms with Crippen LogP contribution in [0.5, 0.6) is 11.5 Å². The van der Waals surface area contributed by atoms with E-state index in [2.05, 4.69) is 15.3 Å². The summed E-state index contributed by atoms with van der Waals surface area (Å²) >= 11 is 17.3. The van der Waals surface area contributed by atoms with Crippen LogP contribution in [0.1, 0.15) is 0 Å². The minimum Gasteiger partial charge on any atom is -0.488 e. The molecule has 142 valence electrons. The molecule has 0 radical (unpaired) electrons. The second-order valence-corrected chi connectivity index (χ2v) is 6.53. The van der Waals surface area contributed by atoms with Crippen molar-refractivity contribution in [2.24, 2.45) is 0 Å². The number of benzene rings is 2. The Morgan fingerprint density at radius 3 is 2.33 bits per heavy atom. The summed E-state index contributed by atoms with van der Waals surface area (Å²) in [6.45, 7) is 0.642. The molecule has 0 aliphatic rings. The SMILES string of the molecule is Fc1ccc(Nc2ncnc3cc(OCCCl)c(OCCCl)cc23)cc1Cl. The molecule has 9 heteroatoms. The predicted octanol–water partition coefficient (Wildman–Crippen LogP) is 5.40. The monoisotopic (exact) mass is 429 g/mol. The van der Waals surface area contributed by atoms with Crippen LogP contribution >= 0.6 is 34.8 Å². The van der Waals surface area contributed by atoms with E-state index in [0.717, 1.165) is 0 Å². The Morgan fingerprint density at radius 1 is 0.963 bits per heavy atom. The van der Waals surface area contributed by atoms with E-state index in [1.807, 2.05) is 0 Å². The Balaban J connectivity index is 2.01. The highest BCUT2D eigenvalue weighted by Gasteiger charge is 2.13. The number of hydrogen-bond acceptors (Lipinski definition) is 5. The van der Waals surface area contributed by atoms with Crippen molar-refractivity contribution < 1.29 is 13.9 Å². The van der Waals surface area contributed by atoms with Crippen LogP contribution < -0.4 is 14.8 Å². The first kappa shape index (κ1) is 19.7. The molecule has 0 aliphatic heterocycles. The topological polar surface area (TPSA) is 56.3 Å². The molecule has 1 aromatic heterocycles. The fourth-order valence-corrected chi connectivity index (χ4v) is 2.73. The number of hydrogen-bond donors (Lipinski definition) is 1. The standard InChI is InChI=1S/C18H15Cl3FN3O2/c19-3-5-26-16-8-12-15(9-17(16)27-6-4-20)23-10-24-18(12)25-11-1-2-14(22)13(21)7-11/h1-2,7-10H,3-6H2,(H,23,24,25). The molecular weight excluding hydrogens is 416 g/mol. The molecular formula is C18H15Cl3FN3O2. The smallest absolute Gasteiger partial charge is 0.163 e. The molecule has 5 nitrogen and oxygen atoms in total. The van der Waals surface area contributed by atoms with E-state index in [0.29, 0.717) is 58.9 Å². The van der Waals surface area contributed by atoms with E-state index in [4.69, 9.17) is 44.3 Å². The van der Waals surface area contributed by atoms with E-state index in [9.17, 15) is 4.39 Å². The zero-order valence-corrected chi connectivity index (χ0v) is 16.3. The summed E-state index contributed by atoms with van der Waals surface area (Å²) in [5, 5.41) is 3.83. The van der Waals surface area contributed by atoms with E-state index in [-0.39, 0.29) is 5.02 Å². The third kappa shape index (κ3) is 4.83. The zero-order chi connectivity index (χ0) is 19.2. The minimum absolute atomic E-state index is 0.0151. The molecule has 3 aromatic rings. The number of aromatic nitrogens is 2. The van der Waals surface area contributed by atoms with Gasteiger partial charge in [0.1, 0.15) is 31.2 Å². The fraction of sp³-hybridized carbons (Fsp3) is 0.222. The van der Waals surface area contributed by atoms with Crippen molar-refractivity contribution in [1.82, 2.24) is 9.97 Å². The van der Waals surface area contributed by atoms with Crippen molar-refractivity contribution in [2.45, 2.75) is 0 Å². The van der Waals surface area contributed by atoms with Gasteiger partial charge in [0.05, 0.1) is 22.3 Å². The van der Waals surface area contributed by atoms with Crippen LogP contribution in [0.15, 0.2) is 36.7 Å². The normalized spacial score (nSPS) is 10.8. The van der Waals surface area contributed by atoms with Gasteiger partial charge in [-0.3, -0.25) is 0 Å². The molecule has 2 aromatic carbocycles. The van der Waals surface area contributed by atoms with Crippen LogP contribution in [0.2, 0.25) is 5.02 Å². The van der Waals surface area contributed by atoms with E-state index in [1.165, 1.54) is 18.5 Å². The van der Waals surface area contributed by atoms with Crippen molar-refractivity contribution in [3.63, 3.8) is 0 Å². The van der Waals surface area contributed by atoms with Crippen molar-refractivity contribution in [3.05, 3.63) is 47.5 Å². The van der Waals surface area contributed by atoms with Gasteiger partial charge in [-0.15, -0.1) is 23.2 Å². The average molecular weight is 431 g/mol. The van der Waals surface area contributed by atoms with Gasteiger partial charge < -0.3 is 14.8 Å². The Bertz CT molecular complexity index is 943. The first-order chi connectivity index (χ1) is 13.1. The quantitative estimate of drug-likeness (QED) is 0.485. The molecule has 27 heavy (non-hydrogen) atoms. The number of rotatable bonds is 8. The van der Waals surface area contributed by atoms with Crippen LogP contribution in [0.4, 0.5) is 15.9 Å². The third-order valence-corrected chi connectivity index (χ3v) is 4.15. The maximum Gasteiger partial charge on any atom is 0.163 e. The summed E-state index contributed by atoms with van der Waals surface area (Å²) in [5.74, 6) is 1.72. The van der Waals surface area contributed by atoms with Crippen LogP contribution in [-0.2, 0) is 0 Å². The summed E-state index contributed by atoms with van der Waals surface area (Å²) in [6, 6.07) is 7.84. The predicted molar refractivity (Wildman–Crippen MR) is 107 cm³/mol.